The van der Waals surface area contributed by atoms with Crippen molar-refractivity contribution in [3.05, 3.63) is 84.6 Å². The summed E-state index contributed by atoms with van der Waals surface area (Å²) < 4.78 is 10.8. The summed E-state index contributed by atoms with van der Waals surface area (Å²) in [6, 6.07) is 17.5. The largest absolute Gasteiger partial charge is 0.498 e. The molecular formula is C24H28O2. The number of hydrogen-bond acceptors (Lipinski definition) is 2. The first-order valence-corrected chi connectivity index (χ1v) is 9.47. The Balaban J connectivity index is 1.83. The Morgan fingerprint density at radius 1 is 0.808 bits per heavy atom. The van der Waals surface area contributed by atoms with Gasteiger partial charge in [-0.1, -0.05) is 74.9 Å². The molecule has 0 bridgehead atoms. The maximum Gasteiger partial charge on any atom is 0.122 e. The van der Waals surface area contributed by atoms with Crippen LogP contribution >= 0.6 is 0 Å². The van der Waals surface area contributed by atoms with Gasteiger partial charge >= 0.3 is 0 Å². The molecule has 3 rings (SSSR count). The quantitative estimate of drug-likeness (QED) is 0.423. The zero-order valence-corrected chi connectivity index (χ0v) is 15.5. The van der Waals surface area contributed by atoms with Crippen LogP contribution in [-0.2, 0) is 10.2 Å². The minimum absolute atomic E-state index is 0.114. The third kappa shape index (κ3) is 4.01. The second kappa shape index (κ2) is 8.75. The molecule has 2 aromatic carbocycles. The summed E-state index contributed by atoms with van der Waals surface area (Å²) in [5, 5.41) is 0. The van der Waals surface area contributed by atoms with Gasteiger partial charge in [-0.05, 0) is 41.7 Å². The lowest BCUT2D eigenvalue weighted by Crippen LogP contribution is -2.30. The van der Waals surface area contributed by atoms with Crippen LogP contribution in [-0.4, -0.2) is 13.2 Å². The zero-order valence-electron chi connectivity index (χ0n) is 15.5. The Labute approximate surface area is 157 Å². The predicted molar refractivity (Wildman–Crippen MR) is 108 cm³/mol. The maximum atomic E-state index is 5.74. The smallest absolute Gasteiger partial charge is 0.122 e. The van der Waals surface area contributed by atoms with E-state index in [4.69, 9.17) is 9.47 Å². The van der Waals surface area contributed by atoms with E-state index < -0.39 is 0 Å². The Morgan fingerprint density at radius 2 is 1.42 bits per heavy atom. The highest BCUT2D eigenvalue weighted by molar-refractivity contribution is 5.50. The van der Waals surface area contributed by atoms with Gasteiger partial charge in [0, 0.05) is 5.41 Å². The molecule has 0 spiro atoms. The molecule has 2 aromatic rings. The maximum absolute atomic E-state index is 5.74. The van der Waals surface area contributed by atoms with Crippen molar-refractivity contribution in [2.45, 2.75) is 37.5 Å². The van der Waals surface area contributed by atoms with Crippen molar-refractivity contribution in [3.63, 3.8) is 0 Å². The molecule has 0 aliphatic heterocycles. The van der Waals surface area contributed by atoms with Crippen molar-refractivity contribution in [3.8, 4) is 5.75 Å². The number of ether oxygens (including phenoxy) is 2. The Bertz CT molecular complexity index is 707. The lowest BCUT2D eigenvalue weighted by molar-refractivity contribution is 0.179. The second-order valence-corrected chi connectivity index (χ2v) is 6.88. The summed E-state index contributed by atoms with van der Waals surface area (Å²) in [5.41, 5.74) is 4.09. The summed E-state index contributed by atoms with van der Waals surface area (Å²) >= 11 is 0. The van der Waals surface area contributed by atoms with Gasteiger partial charge in [-0.25, -0.2) is 0 Å². The lowest BCUT2D eigenvalue weighted by Gasteiger charge is -2.38. The average Bonchev–Trinajstić information content (AvgIpc) is 2.72. The van der Waals surface area contributed by atoms with Gasteiger partial charge in [-0.2, -0.15) is 0 Å². The second-order valence-electron chi connectivity index (χ2n) is 6.88. The van der Waals surface area contributed by atoms with E-state index in [1.165, 1.54) is 55.1 Å². The third-order valence-corrected chi connectivity index (χ3v) is 5.40. The van der Waals surface area contributed by atoms with Gasteiger partial charge in [0.05, 0.1) is 6.26 Å². The fourth-order valence-corrected chi connectivity index (χ4v) is 4.00. The van der Waals surface area contributed by atoms with Crippen LogP contribution in [0.25, 0.3) is 6.08 Å². The SMILES string of the molecule is C=COCCOc1ccc(C2(c3ccc(C=C)cc3)CCCCC2)cc1. The van der Waals surface area contributed by atoms with Crippen molar-refractivity contribution in [2.24, 2.45) is 0 Å². The van der Waals surface area contributed by atoms with Gasteiger partial charge < -0.3 is 9.47 Å². The van der Waals surface area contributed by atoms with E-state index in [2.05, 4.69) is 61.7 Å². The molecule has 0 saturated heterocycles. The van der Waals surface area contributed by atoms with Gasteiger partial charge in [-0.3, -0.25) is 0 Å². The lowest BCUT2D eigenvalue weighted by atomic mass is 9.65. The third-order valence-electron chi connectivity index (χ3n) is 5.40. The molecule has 0 heterocycles. The van der Waals surface area contributed by atoms with E-state index in [-0.39, 0.29) is 5.41 Å². The van der Waals surface area contributed by atoms with Gasteiger partial charge in [-0.15, -0.1) is 0 Å². The van der Waals surface area contributed by atoms with Crippen LogP contribution in [0.2, 0.25) is 0 Å². The normalized spacial score (nSPS) is 15.8. The van der Waals surface area contributed by atoms with Crippen molar-refractivity contribution >= 4 is 6.08 Å². The van der Waals surface area contributed by atoms with Crippen molar-refractivity contribution in [1.29, 1.82) is 0 Å². The summed E-state index contributed by atoms with van der Waals surface area (Å²) in [5.74, 6) is 0.884. The van der Waals surface area contributed by atoms with Crippen molar-refractivity contribution < 1.29 is 9.47 Å². The molecule has 0 unspecified atom stereocenters. The topological polar surface area (TPSA) is 18.5 Å². The number of rotatable bonds is 8. The Kier molecular flexibility index (Phi) is 6.17. The van der Waals surface area contributed by atoms with Crippen LogP contribution < -0.4 is 4.74 Å². The minimum Gasteiger partial charge on any atom is -0.498 e. The fourth-order valence-electron chi connectivity index (χ4n) is 4.00. The molecule has 1 aliphatic carbocycles. The van der Waals surface area contributed by atoms with Gasteiger partial charge in [0.1, 0.15) is 19.0 Å². The zero-order chi connectivity index (χ0) is 18.2. The predicted octanol–water partition coefficient (Wildman–Crippen LogP) is 6.12. The van der Waals surface area contributed by atoms with E-state index >= 15 is 0 Å². The highest BCUT2D eigenvalue weighted by atomic mass is 16.5. The average molecular weight is 348 g/mol. The van der Waals surface area contributed by atoms with Crippen LogP contribution in [0.5, 0.6) is 5.75 Å². The minimum atomic E-state index is 0.114. The molecule has 2 nitrogen and oxygen atoms in total. The number of benzene rings is 2. The molecular weight excluding hydrogens is 320 g/mol. The van der Waals surface area contributed by atoms with Gasteiger partial charge in [0.2, 0.25) is 0 Å². The highest BCUT2D eigenvalue weighted by Crippen LogP contribution is 2.45. The first-order chi connectivity index (χ1) is 12.8. The molecule has 0 N–H and O–H groups in total. The van der Waals surface area contributed by atoms with Gasteiger partial charge in [0.15, 0.2) is 0 Å². The van der Waals surface area contributed by atoms with Crippen molar-refractivity contribution in [2.75, 3.05) is 13.2 Å². The first-order valence-electron chi connectivity index (χ1n) is 9.47. The van der Waals surface area contributed by atoms with Crippen LogP contribution in [0, 0.1) is 0 Å². The first kappa shape index (κ1) is 18.3. The van der Waals surface area contributed by atoms with Crippen LogP contribution in [0.3, 0.4) is 0 Å². The van der Waals surface area contributed by atoms with Gasteiger partial charge in [0.25, 0.3) is 0 Å². The van der Waals surface area contributed by atoms with Crippen molar-refractivity contribution in [1.82, 2.24) is 0 Å². The fraction of sp³-hybridized carbons (Fsp3) is 0.333. The Hall–Kier alpha value is -2.48. The summed E-state index contributed by atoms with van der Waals surface area (Å²) in [7, 11) is 0. The molecule has 26 heavy (non-hydrogen) atoms. The van der Waals surface area contributed by atoms with E-state index in [1.807, 2.05) is 6.08 Å². The highest BCUT2D eigenvalue weighted by Gasteiger charge is 2.35. The molecule has 0 aromatic heterocycles. The summed E-state index contributed by atoms with van der Waals surface area (Å²) in [6.45, 7) is 8.44. The summed E-state index contributed by atoms with van der Waals surface area (Å²) in [6.07, 6.45) is 9.63. The molecule has 1 fully saturated rings. The Morgan fingerprint density at radius 3 is 2.00 bits per heavy atom. The summed E-state index contributed by atoms with van der Waals surface area (Å²) in [4.78, 5) is 0. The molecule has 0 atom stereocenters. The monoisotopic (exact) mass is 348 g/mol. The molecule has 0 radical (unpaired) electrons. The number of hydrogen-bond donors (Lipinski definition) is 0. The molecule has 136 valence electrons. The molecule has 1 saturated carbocycles. The van der Waals surface area contributed by atoms with Crippen LogP contribution in [0.1, 0.15) is 48.8 Å². The van der Waals surface area contributed by atoms with E-state index in [1.54, 1.807) is 0 Å². The van der Waals surface area contributed by atoms with Crippen LogP contribution in [0.4, 0.5) is 0 Å². The standard InChI is InChI=1S/C24H28O2/c1-3-20-8-10-21(11-9-20)24(16-6-5-7-17-24)22-12-14-23(15-13-22)26-19-18-25-4-2/h3-4,8-15H,1-2,5-7,16-19H2. The molecule has 1 aliphatic rings. The van der Waals surface area contributed by atoms with Crippen LogP contribution in [0.15, 0.2) is 68.0 Å². The molecule has 2 heteroatoms. The molecule has 0 amide bonds. The van der Waals surface area contributed by atoms with E-state index in [0.29, 0.717) is 13.2 Å². The van der Waals surface area contributed by atoms with E-state index in [9.17, 15) is 0 Å². The van der Waals surface area contributed by atoms with E-state index in [0.717, 1.165) is 5.75 Å².